The monoisotopic (exact) mass is 361 g/mol. The summed E-state index contributed by atoms with van der Waals surface area (Å²) in [5, 5.41) is 1.15. The number of benzene rings is 2. The van der Waals surface area contributed by atoms with E-state index in [-0.39, 0.29) is 0 Å². The predicted octanol–water partition coefficient (Wildman–Crippen LogP) is 4.42. The molecule has 0 aliphatic rings. The van der Waals surface area contributed by atoms with Crippen molar-refractivity contribution in [3.05, 3.63) is 69.9 Å². The first-order valence-electron chi connectivity index (χ1n) is 6.04. The number of hydrogen-bond acceptors (Lipinski definition) is 2. The predicted molar refractivity (Wildman–Crippen MR) is 85.2 cm³/mol. The maximum absolute atomic E-state index is 5.73. The van der Waals surface area contributed by atoms with Crippen molar-refractivity contribution < 1.29 is 4.74 Å². The molecule has 0 atom stereocenters. The maximum atomic E-state index is 5.73. The molecule has 1 heterocycles. The van der Waals surface area contributed by atoms with Gasteiger partial charge >= 0.3 is 0 Å². The minimum atomic E-state index is 0.491. The van der Waals surface area contributed by atoms with Crippen molar-refractivity contribution in [1.82, 2.24) is 4.98 Å². The standard InChI is InChI=1S/C16H12INO/c17-13-6-9-15(10-7-13)19-11-14-8-5-12-3-1-2-4-16(12)18-14/h1-10H,11H2. The van der Waals surface area contributed by atoms with E-state index in [4.69, 9.17) is 4.74 Å². The summed E-state index contributed by atoms with van der Waals surface area (Å²) in [5.74, 6) is 0.871. The van der Waals surface area contributed by atoms with Gasteiger partial charge in [-0.1, -0.05) is 24.3 Å². The highest BCUT2D eigenvalue weighted by Gasteiger charge is 1.99. The molecule has 19 heavy (non-hydrogen) atoms. The Morgan fingerprint density at radius 1 is 0.895 bits per heavy atom. The minimum absolute atomic E-state index is 0.491. The Kier molecular flexibility index (Phi) is 3.64. The van der Waals surface area contributed by atoms with Crippen LogP contribution in [0.25, 0.3) is 10.9 Å². The molecule has 94 valence electrons. The van der Waals surface area contributed by atoms with Crippen molar-refractivity contribution in [1.29, 1.82) is 0 Å². The number of aromatic nitrogens is 1. The van der Waals surface area contributed by atoms with Gasteiger partial charge in [-0.3, -0.25) is 0 Å². The van der Waals surface area contributed by atoms with E-state index in [1.54, 1.807) is 0 Å². The van der Waals surface area contributed by atoms with Crippen LogP contribution in [0.15, 0.2) is 60.7 Å². The highest BCUT2D eigenvalue weighted by Crippen LogP contribution is 2.16. The van der Waals surface area contributed by atoms with Crippen molar-refractivity contribution in [3.8, 4) is 5.75 Å². The van der Waals surface area contributed by atoms with Crippen molar-refractivity contribution in [2.45, 2.75) is 6.61 Å². The van der Waals surface area contributed by atoms with E-state index in [1.807, 2.05) is 48.5 Å². The lowest BCUT2D eigenvalue weighted by molar-refractivity contribution is 0.302. The zero-order chi connectivity index (χ0) is 13.1. The summed E-state index contributed by atoms with van der Waals surface area (Å²) in [6, 6.07) is 20.2. The van der Waals surface area contributed by atoms with Gasteiger partial charge in [0.05, 0.1) is 11.2 Å². The molecule has 0 bridgehead atoms. The molecule has 3 aromatic rings. The highest BCUT2D eigenvalue weighted by atomic mass is 127. The molecule has 0 spiro atoms. The second kappa shape index (κ2) is 5.57. The van der Waals surface area contributed by atoms with Crippen molar-refractivity contribution >= 4 is 33.5 Å². The minimum Gasteiger partial charge on any atom is -0.487 e. The lowest BCUT2D eigenvalue weighted by atomic mass is 10.2. The van der Waals surface area contributed by atoms with Gasteiger partial charge in [-0.15, -0.1) is 0 Å². The summed E-state index contributed by atoms with van der Waals surface area (Å²) in [6.07, 6.45) is 0. The average molecular weight is 361 g/mol. The summed E-state index contributed by atoms with van der Waals surface area (Å²) in [5.41, 5.74) is 1.95. The third-order valence-corrected chi connectivity index (χ3v) is 3.58. The number of para-hydroxylation sites is 1. The molecule has 0 fully saturated rings. The first-order chi connectivity index (χ1) is 9.31. The van der Waals surface area contributed by atoms with Crippen LogP contribution in [-0.4, -0.2) is 4.98 Å². The summed E-state index contributed by atoms with van der Waals surface area (Å²) in [7, 11) is 0. The van der Waals surface area contributed by atoms with E-state index in [0.717, 1.165) is 22.3 Å². The van der Waals surface area contributed by atoms with E-state index >= 15 is 0 Å². The first-order valence-corrected chi connectivity index (χ1v) is 7.12. The number of nitrogens with zero attached hydrogens (tertiary/aromatic N) is 1. The molecule has 0 aliphatic carbocycles. The molecular formula is C16H12INO. The van der Waals surface area contributed by atoms with E-state index in [9.17, 15) is 0 Å². The molecule has 2 aromatic carbocycles. The van der Waals surface area contributed by atoms with Crippen LogP contribution in [0, 0.1) is 3.57 Å². The third kappa shape index (κ3) is 3.04. The van der Waals surface area contributed by atoms with Crippen LogP contribution >= 0.6 is 22.6 Å². The maximum Gasteiger partial charge on any atom is 0.130 e. The van der Waals surface area contributed by atoms with E-state index in [0.29, 0.717) is 6.61 Å². The van der Waals surface area contributed by atoms with Gasteiger partial charge in [0.15, 0.2) is 0 Å². The molecule has 0 amide bonds. The Balaban J connectivity index is 1.76. The Labute approximate surface area is 125 Å². The summed E-state index contributed by atoms with van der Waals surface area (Å²) < 4.78 is 6.93. The fraction of sp³-hybridized carbons (Fsp3) is 0.0625. The largest absolute Gasteiger partial charge is 0.487 e. The van der Waals surface area contributed by atoms with Crippen LogP contribution < -0.4 is 4.74 Å². The fourth-order valence-corrected chi connectivity index (χ4v) is 2.24. The lowest BCUT2D eigenvalue weighted by Crippen LogP contribution is -1.98. The van der Waals surface area contributed by atoms with Gasteiger partial charge in [0.2, 0.25) is 0 Å². The molecule has 0 radical (unpaired) electrons. The van der Waals surface area contributed by atoms with Crippen LogP contribution in [-0.2, 0) is 6.61 Å². The summed E-state index contributed by atoms with van der Waals surface area (Å²) in [4.78, 5) is 4.58. The van der Waals surface area contributed by atoms with Crippen molar-refractivity contribution in [3.63, 3.8) is 0 Å². The SMILES string of the molecule is Ic1ccc(OCc2ccc3ccccc3n2)cc1. The Hall–Kier alpha value is -1.62. The van der Waals surface area contributed by atoms with Gasteiger partial charge in [-0.05, 0) is 59.0 Å². The van der Waals surface area contributed by atoms with Crippen molar-refractivity contribution in [2.75, 3.05) is 0 Å². The third-order valence-electron chi connectivity index (χ3n) is 2.86. The molecule has 0 aliphatic heterocycles. The van der Waals surface area contributed by atoms with Gasteiger partial charge < -0.3 is 4.74 Å². The molecule has 0 N–H and O–H groups in total. The van der Waals surface area contributed by atoms with Crippen LogP contribution in [0.5, 0.6) is 5.75 Å². The van der Waals surface area contributed by atoms with Gasteiger partial charge in [0.1, 0.15) is 12.4 Å². The molecule has 0 saturated carbocycles. The molecule has 2 nitrogen and oxygen atoms in total. The Morgan fingerprint density at radius 3 is 2.53 bits per heavy atom. The number of halogens is 1. The average Bonchev–Trinajstić information content (AvgIpc) is 2.46. The van der Waals surface area contributed by atoms with Crippen LogP contribution in [0.2, 0.25) is 0 Å². The number of rotatable bonds is 3. The van der Waals surface area contributed by atoms with E-state index < -0.39 is 0 Å². The van der Waals surface area contributed by atoms with Crippen LogP contribution in [0.3, 0.4) is 0 Å². The molecule has 0 saturated heterocycles. The number of fused-ring (bicyclic) bond motifs is 1. The summed E-state index contributed by atoms with van der Waals surface area (Å²) >= 11 is 2.28. The number of ether oxygens (including phenoxy) is 1. The molecule has 0 unspecified atom stereocenters. The Bertz CT molecular complexity index is 694. The summed E-state index contributed by atoms with van der Waals surface area (Å²) in [6.45, 7) is 0.491. The van der Waals surface area contributed by atoms with Crippen LogP contribution in [0.4, 0.5) is 0 Å². The second-order valence-corrected chi connectivity index (χ2v) is 5.48. The first kappa shape index (κ1) is 12.4. The lowest BCUT2D eigenvalue weighted by Gasteiger charge is -2.06. The Morgan fingerprint density at radius 2 is 1.68 bits per heavy atom. The molecule has 1 aromatic heterocycles. The molecule has 3 rings (SSSR count). The van der Waals surface area contributed by atoms with E-state index in [1.165, 1.54) is 3.57 Å². The zero-order valence-corrected chi connectivity index (χ0v) is 12.4. The topological polar surface area (TPSA) is 22.1 Å². The van der Waals surface area contributed by atoms with E-state index in [2.05, 4.69) is 39.7 Å². The van der Waals surface area contributed by atoms with Gasteiger partial charge in [-0.2, -0.15) is 0 Å². The molecule has 3 heteroatoms. The van der Waals surface area contributed by atoms with Gasteiger partial charge in [0.25, 0.3) is 0 Å². The second-order valence-electron chi connectivity index (χ2n) is 4.24. The van der Waals surface area contributed by atoms with Crippen molar-refractivity contribution in [2.24, 2.45) is 0 Å². The number of pyridine rings is 1. The highest BCUT2D eigenvalue weighted by molar-refractivity contribution is 14.1. The molecular weight excluding hydrogens is 349 g/mol. The van der Waals surface area contributed by atoms with Crippen LogP contribution in [0.1, 0.15) is 5.69 Å². The zero-order valence-electron chi connectivity index (χ0n) is 10.2. The fourth-order valence-electron chi connectivity index (χ4n) is 1.88. The quantitative estimate of drug-likeness (QED) is 0.645. The van der Waals surface area contributed by atoms with Gasteiger partial charge in [0, 0.05) is 8.96 Å². The number of hydrogen-bond donors (Lipinski definition) is 0. The smallest absolute Gasteiger partial charge is 0.130 e. The van der Waals surface area contributed by atoms with Gasteiger partial charge in [-0.25, -0.2) is 4.98 Å². The normalized spacial score (nSPS) is 10.6.